The molecule has 0 heteroatoms. The Morgan fingerprint density at radius 3 is 1.13 bits per heavy atom. The molecule has 0 radical (unpaired) electrons. The zero-order chi connectivity index (χ0) is 19.1. The molecule has 0 heterocycles. The van der Waals surface area contributed by atoms with Crippen molar-refractivity contribution in [3.63, 3.8) is 0 Å². The van der Waals surface area contributed by atoms with E-state index in [4.69, 9.17) is 0 Å². The molecule has 0 aliphatic heterocycles. The summed E-state index contributed by atoms with van der Waals surface area (Å²) in [5, 5.41) is 0. The van der Waals surface area contributed by atoms with Gasteiger partial charge in [-0.25, -0.2) is 0 Å². The maximum Gasteiger partial charge on any atom is 0.0150 e. The van der Waals surface area contributed by atoms with Crippen molar-refractivity contribution in [2.45, 2.75) is 103 Å². The monoisotopic (exact) mass is 406 g/mol. The van der Waals surface area contributed by atoms with Gasteiger partial charge in [0.15, 0.2) is 0 Å². The molecule has 0 N–H and O–H groups in total. The van der Waals surface area contributed by atoms with Crippen molar-refractivity contribution in [3.8, 4) is 0 Å². The summed E-state index contributed by atoms with van der Waals surface area (Å²) in [6.45, 7) is 0. The molecule has 14 saturated carbocycles. The quantitative estimate of drug-likeness (QED) is 0.388. The van der Waals surface area contributed by atoms with Gasteiger partial charge in [-0.3, -0.25) is 0 Å². The van der Waals surface area contributed by atoms with Crippen molar-refractivity contribution in [2.24, 2.45) is 71.4 Å². The Bertz CT molecular complexity index is 1150. The largest absolute Gasteiger partial charge is 0.0580 e. The van der Waals surface area contributed by atoms with Crippen LogP contribution in [0.1, 0.15) is 103 Å². The molecule has 0 amide bonds. The third-order valence-corrected chi connectivity index (χ3v) is 18.3. The first-order chi connectivity index (χ1) is 15.1. The topological polar surface area (TPSA) is 0 Å². The zero-order valence-corrected chi connectivity index (χ0v) is 19.0. The third kappa shape index (κ3) is 0.716. The van der Waals surface area contributed by atoms with Gasteiger partial charge in [0.1, 0.15) is 0 Å². The number of hydrogen-bond acceptors (Lipinski definition) is 0. The highest BCUT2D eigenvalue weighted by Crippen LogP contribution is 3.27. The molecule has 31 heavy (non-hydrogen) atoms. The lowest BCUT2D eigenvalue weighted by Gasteiger charge is -2.70. The summed E-state index contributed by atoms with van der Waals surface area (Å²) in [5.74, 6) is 2.40. The Kier molecular flexibility index (Phi) is 1.28. The first-order valence-corrected chi connectivity index (χ1v) is 14.9. The van der Waals surface area contributed by atoms with Gasteiger partial charge in [0.05, 0.1) is 0 Å². The first-order valence-electron chi connectivity index (χ1n) is 14.9. The minimum atomic E-state index is 0.852. The number of allylic oxidation sites excluding steroid dienone is 2. The highest BCUT2D eigenvalue weighted by atomic mass is 15.2. The minimum absolute atomic E-state index is 0.852. The molecule has 14 fully saturated rings. The van der Waals surface area contributed by atoms with E-state index in [9.17, 15) is 0 Å². The average Bonchev–Trinajstić information content (AvgIpc) is 3.49. The van der Waals surface area contributed by atoms with E-state index in [1.807, 2.05) is 0 Å². The van der Waals surface area contributed by atoms with E-state index in [0.29, 0.717) is 0 Å². The number of fused-ring (bicyclic) bond motifs is 15. The van der Waals surface area contributed by atoms with E-state index in [2.05, 4.69) is 11.1 Å². The van der Waals surface area contributed by atoms with Gasteiger partial charge in [-0.05, 0) is 158 Å². The zero-order valence-electron chi connectivity index (χ0n) is 19.0. The second-order valence-electron chi connectivity index (χ2n) is 16.9. The normalized spacial score (nSPS) is 55.7. The molecule has 0 aromatic heterocycles. The fourth-order valence-electron chi connectivity index (χ4n) is 17.6. The van der Waals surface area contributed by atoms with E-state index >= 15 is 0 Å². The predicted octanol–water partition coefficient (Wildman–Crippen LogP) is 6.80. The first kappa shape index (κ1) is 14.2. The van der Waals surface area contributed by atoms with Gasteiger partial charge < -0.3 is 0 Å². The van der Waals surface area contributed by atoms with E-state index in [1.165, 1.54) is 5.92 Å². The van der Waals surface area contributed by atoms with Crippen molar-refractivity contribution in [1.82, 2.24) is 0 Å². The van der Waals surface area contributed by atoms with Gasteiger partial charge in [-0.1, -0.05) is 11.1 Å². The predicted molar refractivity (Wildman–Crippen MR) is 115 cm³/mol. The second kappa shape index (κ2) is 2.80. The summed E-state index contributed by atoms with van der Waals surface area (Å²) in [5.41, 5.74) is 14.6. The summed E-state index contributed by atoms with van der Waals surface area (Å²) >= 11 is 0. The van der Waals surface area contributed by atoms with Crippen LogP contribution in [0.15, 0.2) is 11.1 Å². The van der Waals surface area contributed by atoms with Crippen molar-refractivity contribution in [2.75, 3.05) is 0 Å². The van der Waals surface area contributed by atoms with Crippen LogP contribution in [0.25, 0.3) is 0 Å². The van der Waals surface area contributed by atoms with Gasteiger partial charge >= 0.3 is 0 Å². The molecule has 11 spiro atoms. The van der Waals surface area contributed by atoms with Crippen LogP contribution in [0, 0.1) is 71.4 Å². The van der Waals surface area contributed by atoms with Crippen LogP contribution in [0.5, 0.6) is 0 Å². The molecule has 2 atom stereocenters. The highest BCUT2D eigenvalue weighted by Gasteiger charge is 3.22. The van der Waals surface area contributed by atoms with Crippen LogP contribution >= 0.6 is 0 Å². The molecule has 14 aliphatic carbocycles. The molecule has 0 nitrogen and oxygen atoms in total. The van der Waals surface area contributed by atoms with Crippen LogP contribution in [0.2, 0.25) is 0 Å². The molecule has 14 aliphatic rings. The summed E-state index contributed by atoms with van der Waals surface area (Å²) in [7, 11) is 0. The lowest BCUT2D eigenvalue weighted by atomic mass is 9.33. The fourth-order valence-corrected chi connectivity index (χ4v) is 17.6. The van der Waals surface area contributed by atoms with Crippen LogP contribution in [-0.4, -0.2) is 0 Å². The fraction of sp³-hybridized carbons (Fsp3) is 0.935. The molecule has 0 bridgehead atoms. The number of rotatable bonds is 0. The van der Waals surface area contributed by atoms with E-state index in [-0.39, 0.29) is 0 Å². The van der Waals surface area contributed by atoms with Crippen molar-refractivity contribution >= 4 is 0 Å². The van der Waals surface area contributed by atoms with Gasteiger partial charge in [0.25, 0.3) is 0 Å². The summed E-state index contributed by atoms with van der Waals surface area (Å²) < 4.78 is 0. The van der Waals surface area contributed by atoms with Gasteiger partial charge in [0.2, 0.25) is 0 Å². The Labute approximate surface area is 185 Å². The Morgan fingerprint density at radius 2 is 0.806 bits per heavy atom. The maximum atomic E-state index is 2.39. The van der Waals surface area contributed by atoms with Crippen molar-refractivity contribution < 1.29 is 0 Å². The van der Waals surface area contributed by atoms with Crippen molar-refractivity contribution in [3.05, 3.63) is 11.1 Å². The summed E-state index contributed by atoms with van der Waals surface area (Å²) in [6, 6.07) is 0. The second-order valence-corrected chi connectivity index (χ2v) is 16.9. The van der Waals surface area contributed by atoms with Gasteiger partial charge in [0, 0.05) is 16.2 Å². The molecular weight excluding hydrogens is 372 g/mol. The van der Waals surface area contributed by atoms with Crippen LogP contribution in [-0.2, 0) is 0 Å². The molecule has 158 valence electrons. The van der Waals surface area contributed by atoms with Crippen molar-refractivity contribution in [1.29, 1.82) is 0 Å². The van der Waals surface area contributed by atoms with Gasteiger partial charge in [-0.15, -0.1) is 0 Å². The lowest BCUT2D eigenvalue weighted by Crippen LogP contribution is -2.66. The van der Waals surface area contributed by atoms with E-state index in [0.717, 1.165) is 65.5 Å². The SMILES string of the molecule is C1CC12C1C(=C3C4(C5(CC5)C45CC5)C34C3(CC3)C43CC3)C3(C1C21CC1)C1(CC1)C31CC1. The Hall–Kier alpha value is -0.260. The lowest BCUT2D eigenvalue weighted by molar-refractivity contribution is -0.163. The Morgan fingerprint density at radius 1 is 0.419 bits per heavy atom. The van der Waals surface area contributed by atoms with E-state index < -0.39 is 0 Å². The van der Waals surface area contributed by atoms with Crippen LogP contribution < -0.4 is 0 Å². The molecule has 2 unspecified atom stereocenters. The smallest absolute Gasteiger partial charge is 0.0150 e. The maximum absolute atomic E-state index is 2.39. The highest BCUT2D eigenvalue weighted by molar-refractivity contribution is 5.84. The molecule has 0 saturated heterocycles. The average molecular weight is 407 g/mol. The molecule has 14 rings (SSSR count). The minimum Gasteiger partial charge on any atom is -0.0580 e. The van der Waals surface area contributed by atoms with E-state index in [1.54, 1.807) is 103 Å². The number of hydrogen-bond donors (Lipinski definition) is 0. The molecule has 0 aromatic carbocycles. The third-order valence-electron chi connectivity index (χ3n) is 18.3. The molecule has 0 aromatic rings. The summed E-state index contributed by atoms with van der Waals surface area (Å²) in [6.07, 6.45) is 26.7. The van der Waals surface area contributed by atoms with Crippen LogP contribution in [0.3, 0.4) is 0 Å². The molecular formula is C31H34. The van der Waals surface area contributed by atoms with Gasteiger partial charge in [-0.2, -0.15) is 0 Å². The Balaban J connectivity index is 1.13. The summed E-state index contributed by atoms with van der Waals surface area (Å²) in [4.78, 5) is 0. The van der Waals surface area contributed by atoms with Crippen LogP contribution in [0.4, 0.5) is 0 Å². The standard InChI is InChI=1S/C31H34/c1-2-21(1)17-18(29(19(17)22(21)3-4-22)23(5-6-23)24(29)7-8-24)20-30(25(9-10-25)26(30)11-12-26)31(20)27(13-14-27)28(31)15-16-28/h17,19H,1-16H2.